The van der Waals surface area contributed by atoms with Crippen LogP contribution >= 0.6 is 12.4 Å². The first-order valence-corrected chi connectivity index (χ1v) is 8.44. The Balaban J connectivity index is 0.00000210. The molecule has 0 saturated carbocycles. The fourth-order valence-electron chi connectivity index (χ4n) is 3.23. The summed E-state index contributed by atoms with van der Waals surface area (Å²) in [6, 6.07) is 6.43. The average molecular weight is 391 g/mol. The number of hydrogen-bond acceptors (Lipinski definition) is 4. The van der Waals surface area contributed by atoms with Gasteiger partial charge in [-0.3, -0.25) is 9.89 Å². The Bertz CT molecular complexity index is 996. The van der Waals surface area contributed by atoms with Gasteiger partial charge in [0.15, 0.2) is 11.5 Å². The van der Waals surface area contributed by atoms with Crippen molar-refractivity contribution in [2.75, 3.05) is 11.9 Å². The number of nitrogens with zero attached hydrogens (tertiary/aromatic N) is 3. The molecule has 3 aromatic rings. The quantitative estimate of drug-likeness (QED) is 0.641. The second-order valence-electron chi connectivity index (χ2n) is 6.42. The molecular weight excluding hydrogens is 371 g/mol. The van der Waals surface area contributed by atoms with Gasteiger partial charge in [0.05, 0.1) is 5.69 Å². The molecule has 4 rings (SSSR count). The van der Waals surface area contributed by atoms with Crippen LogP contribution in [0, 0.1) is 19.7 Å². The molecule has 1 aliphatic heterocycles. The summed E-state index contributed by atoms with van der Waals surface area (Å²) < 4.78 is 16.1. The number of fused-ring (bicyclic) bond motifs is 1. The molecule has 0 atom stereocenters. The number of amides is 1. The summed E-state index contributed by atoms with van der Waals surface area (Å²) in [6.07, 6.45) is 0.807. The predicted molar refractivity (Wildman–Crippen MR) is 102 cm³/mol. The van der Waals surface area contributed by atoms with E-state index in [9.17, 15) is 9.18 Å². The molecule has 7 nitrogen and oxygen atoms in total. The van der Waals surface area contributed by atoms with Gasteiger partial charge in [-0.15, -0.1) is 12.4 Å². The van der Waals surface area contributed by atoms with Crippen LogP contribution in [0.2, 0.25) is 0 Å². The zero-order valence-corrected chi connectivity index (χ0v) is 15.8. The molecule has 0 fully saturated rings. The van der Waals surface area contributed by atoms with E-state index in [-0.39, 0.29) is 18.3 Å². The standard InChI is InChI=1S/C18H19FN6O.ClH/c1-10-7-11(2)25(24-10)16-4-3-12(8-14(16)19)21-18(26)17-13-9-20-6-5-15(13)22-23-17;/h3-4,7-8,20H,5-6,9H2,1-2H3,(H,21,26)(H,22,23);1H. The van der Waals surface area contributed by atoms with Gasteiger partial charge in [-0.2, -0.15) is 10.2 Å². The van der Waals surface area contributed by atoms with Gasteiger partial charge in [-0.05, 0) is 38.1 Å². The summed E-state index contributed by atoms with van der Waals surface area (Å²) >= 11 is 0. The number of carbonyl (C=O) groups is 1. The van der Waals surface area contributed by atoms with Crippen LogP contribution in [-0.4, -0.2) is 32.4 Å². The molecule has 27 heavy (non-hydrogen) atoms. The van der Waals surface area contributed by atoms with Crippen molar-refractivity contribution in [3.8, 4) is 5.69 Å². The van der Waals surface area contributed by atoms with Gasteiger partial charge in [0.1, 0.15) is 5.69 Å². The summed E-state index contributed by atoms with van der Waals surface area (Å²) in [5.74, 6) is -0.816. The first kappa shape index (κ1) is 19.1. The second-order valence-corrected chi connectivity index (χ2v) is 6.42. The van der Waals surface area contributed by atoms with Crippen molar-refractivity contribution in [2.24, 2.45) is 0 Å². The number of hydrogen-bond donors (Lipinski definition) is 3. The summed E-state index contributed by atoms with van der Waals surface area (Å²) in [4.78, 5) is 12.5. The third-order valence-corrected chi connectivity index (χ3v) is 4.46. The number of rotatable bonds is 3. The highest BCUT2D eigenvalue weighted by Crippen LogP contribution is 2.21. The number of anilines is 1. The number of aryl methyl sites for hydroxylation is 2. The maximum absolute atomic E-state index is 14.5. The van der Waals surface area contributed by atoms with E-state index in [1.165, 1.54) is 6.07 Å². The van der Waals surface area contributed by atoms with Crippen LogP contribution in [0.4, 0.5) is 10.1 Å². The van der Waals surface area contributed by atoms with E-state index in [0.29, 0.717) is 23.6 Å². The van der Waals surface area contributed by atoms with Crippen LogP contribution in [-0.2, 0) is 13.0 Å². The maximum Gasteiger partial charge on any atom is 0.276 e. The minimum Gasteiger partial charge on any atom is -0.320 e. The lowest BCUT2D eigenvalue weighted by atomic mass is 10.1. The van der Waals surface area contributed by atoms with Gasteiger partial charge in [0.25, 0.3) is 5.91 Å². The van der Waals surface area contributed by atoms with E-state index in [1.54, 1.807) is 16.8 Å². The molecule has 0 saturated heterocycles. The number of carbonyl (C=O) groups excluding carboxylic acids is 1. The molecule has 0 unspecified atom stereocenters. The van der Waals surface area contributed by atoms with E-state index < -0.39 is 5.82 Å². The fourth-order valence-corrected chi connectivity index (χ4v) is 3.23. The van der Waals surface area contributed by atoms with E-state index >= 15 is 0 Å². The SMILES string of the molecule is Cc1cc(C)n(-c2ccc(NC(=O)c3n[nH]c4c3CNCC4)cc2F)n1.Cl. The monoisotopic (exact) mass is 390 g/mol. The Hall–Kier alpha value is -2.71. The third kappa shape index (κ3) is 3.58. The summed E-state index contributed by atoms with van der Waals surface area (Å²) in [5, 5.41) is 17.2. The van der Waals surface area contributed by atoms with Crippen LogP contribution in [0.25, 0.3) is 5.69 Å². The zero-order valence-electron chi connectivity index (χ0n) is 15.0. The molecule has 2 aromatic heterocycles. The van der Waals surface area contributed by atoms with Crippen molar-refractivity contribution in [1.29, 1.82) is 0 Å². The highest BCUT2D eigenvalue weighted by Gasteiger charge is 2.22. The van der Waals surface area contributed by atoms with Crippen molar-refractivity contribution in [3.63, 3.8) is 0 Å². The molecule has 1 amide bonds. The van der Waals surface area contributed by atoms with Crippen molar-refractivity contribution in [1.82, 2.24) is 25.3 Å². The van der Waals surface area contributed by atoms with Crippen LogP contribution in [0.15, 0.2) is 24.3 Å². The van der Waals surface area contributed by atoms with Crippen molar-refractivity contribution < 1.29 is 9.18 Å². The normalized spacial score (nSPS) is 13.0. The second kappa shape index (κ2) is 7.50. The van der Waals surface area contributed by atoms with Gasteiger partial charge in [0, 0.05) is 42.1 Å². The molecule has 1 aliphatic rings. The van der Waals surface area contributed by atoms with Crippen molar-refractivity contribution in [2.45, 2.75) is 26.8 Å². The van der Waals surface area contributed by atoms with Crippen molar-refractivity contribution in [3.05, 3.63) is 58.4 Å². The topological polar surface area (TPSA) is 87.6 Å². The van der Waals surface area contributed by atoms with Gasteiger partial charge < -0.3 is 10.6 Å². The highest BCUT2D eigenvalue weighted by molar-refractivity contribution is 6.04. The van der Waals surface area contributed by atoms with Crippen LogP contribution in [0.5, 0.6) is 0 Å². The first-order valence-electron chi connectivity index (χ1n) is 8.44. The van der Waals surface area contributed by atoms with Gasteiger partial charge in [-0.1, -0.05) is 0 Å². The number of aromatic amines is 1. The van der Waals surface area contributed by atoms with Crippen LogP contribution in [0.3, 0.4) is 0 Å². The first-order chi connectivity index (χ1) is 12.5. The molecule has 0 spiro atoms. The number of aromatic nitrogens is 4. The van der Waals surface area contributed by atoms with E-state index in [0.717, 1.165) is 35.6 Å². The Morgan fingerprint density at radius 1 is 1.30 bits per heavy atom. The number of benzene rings is 1. The molecule has 0 radical (unpaired) electrons. The molecule has 0 bridgehead atoms. The third-order valence-electron chi connectivity index (χ3n) is 4.46. The maximum atomic E-state index is 14.5. The van der Waals surface area contributed by atoms with Crippen LogP contribution in [0.1, 0.15) is 33.1 Å². The van der Waals surface area contributed by atoms with Gasteiger partial charge >= 0.3 is 0 Å². The molecular formula is C18H20ClFN6O. The minimum absolute atomic E-state index is 0. The Labute approximate surface area is 161 Å². The molecule has 0 aliphatic carbocycles. The van der Waals surface area contributed by atoms with Crippen LogP contribution < -0.4 is 10.6 Å². The summed E-state index contributed by atoms with van der Waals surface area (Å²) in [6.45, 7) is 5.17. The lowest BCUT2D eigenvalue weighted by Crippen LogP contribution is -2.25. The van der Waals surface area contributed by atoms with Gasteiger partial charge in [-0.25, -0.2) is 9.07 Å². The Morgan fingerprint density at radius 2 is 2.11 bits per heavy atom. The largest absolute Gasteiger partial charge is 0.320 e. The molecule has 9 heteroatoms. The predicted octanol–water partition coefficient (Wildman–Crippen LogP) is 2.67. The molecule has 1 aromatic carbocycles. The molecule has 3 N–H and O–H groups in total. The number of nitrogens with one attached hydrogen (secondary N) is 3. The fraction of sp³-hybridized carbons (Fsp3) is 0.278. The summed E-state index contributed by atoms with van der Waals surface area (Å²) in [5.41, 5.74) is 4.56. The Kier molecular flexibility index (Phi) is 5.29. The molecule has 142 valence electrons. The average Bonchev–Trinajstić information content (AvgIpc) is 3.18. The minimum atomic E-state index is -0.459. The summed E-state index contributed by atoms with van der Waals surface area (Å²) in [7, 11) is 0. The van der Waals surface area contributed by atoms with Crippen molar-refractivity contribution >= 4 is 24.0 Å². The van der Waals surface area contributed by atoms with Gasteiger partial charge in [0.2, 0.25) is 0 Å². The van der Waals surface area contributed by atoms with E-state index in [1.807, 2.05) is 19.9 Å². The number of H-pyrrole nitrogens is 1. The Morgan fingerprint density at radius 3 is 2.81 bits per heavy atom. The lowest BCUT2D eigenvalue weighted by Gasteiger charge is -2.13. The molecule has 3 heterocycles. The lowest BCUT2D eigenvalue weighted by molar-refractivity contribution is 0.102. The smallest absolute Gasteiger partial charge is 0.276 e. The highest BCUT2D eigenvalue weighted by atomic mass is 35.5. The zero-order chi connectivity index (χ0) is 18.3. The number of halogens is 2. The van der Waals surface area contributed by atoms with E-state index in [2.05, 4.69) is 25.9 Å². The van der Waals surface area contributed by atoms with E-state index in [4.69, 9.17) is 0 Å².